The smallest absolute Gasteiger partial charge is 0.197 e. The average Bonchev–Trinajstić information content (AvgIpc) is 2.18. The summed E-state index contributed by atoms with van der Waals surface area (Å²) in [6.07, 6.45) is -0.842. The minimum Gasteiger partial charge on any atom is -0.486 e. The molecule has 0 fully saturated rings. The highest BCUT2D eigenvalue weighted by Crippen LogP contribution is 2.36. The Kier molecular flexibility index (Phi) is 2.29. The molecule has 0 amide bonds. The molecule has 2 rings (SSSR count). The monoisotopic (exact) mass is 198 g/mol. The second kappa shape index (κ2) is 3.46. The van der Waals surface area contributed by atoms with Gasteiger partial charge in [-0.3, -0.25) is 0 Å². The van der Waals surface area contributed by atoms with E-state index in [9.17, 15) is 9.50 Å². The van der Waals surface area contributed by atoms with Crippen molar-refractivity contribution in [3.8, 4) is 11.5 Å². The van der Waals surface area contributed by atoms with E-state index in [1.165, 1.54) is 13.0 Å². The highest BCUT2D eigenvalue weighted by atomic mass is 19.1. The zero-order valence-corrected chi connectivity index (χ0v) is 7.79. The van der Waals surface area contributed by atoms with E-state index in [4.69, 9.17) is 9.47 Å². The molecule has 0 aliphatic carbocycles. The Balaban J connectivity index is 2.49. The molecule has 1 heterocycles. The summed E-state index contributed by atoms with van der Waals surface area (Å²) in [6.45, 7) is 2.28. The van der Waals surface area contributed by atoms with Gasteiger partial charge in [0, 0.05) is 5.56 Å². The second-order valence-electron chi connectivity index (χ2n) is 3.17. The minimum absolute atomic E-state index is 0.106. The highest BCUT2D eigenvalue weighted by molar-refractivity contribution is 5.45. The zero-order valence-electron chi connectivity index (χ0n) is 7.79. The number of fused-ring (bicyclic) bond motifs is 1. The first kappa shape index (κ1) is 9.27. The van der Waals surface area contributed by atoms with Gasteiger partial charge in [0.2, 0.25) is 0 Å². The molecule has 1 aliphatic heterocycles. The number of ether oxygens (including phenoxy) is 2. The average molecular weight is 198 g/mol. The van der Waals surface area contributed by atoms with Crippen molar-refractivity contribution in [3.63, 3.8) is 0 Å². The van der Waals surface area contributed by atoms with Gasteiger partial charge in [0.15, 0.2) is 17.3 Å². The van der Waals surface area contributed by atoms with E-state index in [2.05, 4.69) is 0 Å². The Labute approximate surface area is 81.1 Å². The van der Waals surface area contributed by atoms with Crippen molar-refractivity contribution in [1.82, 2.24) is 0 Å². The van der Waals surface area contributed by atoms with Crippen molar-refractivity contribution < 1.29 is 19.0 Å². The van der Waals surface area contributed by atoms with Crippen molar-refractivity contribution in [1.29, 1.82) is 0 Å². The van der Waals surface area contributed by atoms with Crippen molar-refractivity contribution in [2.75, 3.05) is 13.2 Å². The Morgan fingerprint density at radius 1 is 1.36 bits per heavy atom. The molecule has 4 heteroatoms. The lowest BCUT2D eigenvalue weighted by molar-refractivity contribution is 0.158. The number of hydrogen-bond donors (Lipinski definition) is 1. The van der Waals surface area contributed by atoms with Crippen LogP contribution < -0.4 is 9.47 Å². The van der Waals surface area contributed by atoms with E-state index >= 15 is 0 Å². The first-order valence-electron chi connectivity index (χ1n) is 4.46. The van der Waals surface area contributed by atoms with E-state index in [0.29, 0.717) is 19.0 Å². The predicted octanol–water partition coefficient (Wildman–Crippen LogP) is 1.65. The fourth-order valence-electron chi connectivity index (χ4n) is 1.42. The van der Waals surface area contributed by atoms with Crippen LogP contribution in [-0.4, -0.2) is 18.3 Å². The molecule has 1 aromatic rings. The topological polar surface area (TPSA) is 38.7 Å². The predicted molar refractivity (Wildman–Crippen MR) is 48.0 cm³/mol. The molecule has 1 N–H and O–H groups in total. The van der Waals surface area contributed by atoms with Gasteiger partial charge in [-0.1, -0.05) is 0 Å². The summed E-state index contributed by atoms with van der Waals surface area (Å²) < 4.78 is 24.0. The molecule has 0 bridgehead atoms. The molecule has 14 heavy (non-hydrogen) atoms. The van der Waals surface area contributed by atoms with Gasteiger partial charge >= 0.3 is 0 Å². The van der Waals surface area contributed by atoms with Crippen LogP contribution >= 0.6 is 0 Å². The molecule has 76 valence electrons. The molecule has 0 saturated carbocycles. The van der Waals surface area contributed by atoms with Gasteiger partial charge in [-0.2, -0.15) is 0 Å². The standard InChI is InChI=1S/C10H11FO3/c1-6(12)7-2-3-8-10(9(7)11)14-5-4-13-8/h2-3,6,12H,4-5H2,1H3. The van der Waals surface area contributed by atoms with E-state index in [0.717, 1.165) is 0 Å². The largest absolute Gasteiger partial charge is 0.486 e. The van der Waals surface area contributed by atoms with Crippen LogP contribution in [0.15, 0.2) is 12.1 Å². The third kappa shape index (κ3) is 1.42. The van der Waals surface area contributed by atoms with Gasteiger partial charge in [0.05, 0.1) is 6.10 Å². The third-order valence-corrected chi connectivity index (χ3v) is 2.13. The van der Waals surface area contributed by atoms with Crippen LogP contribution in [0.5, 0.6) is 11.5 Å². The molecule has 0 spiro atoms. The SMILES string of the molecule is CC(O)c1ccc2c(c1F)OCCO2. The van der Waals surface area contributed by atoms with Crippen LogP contribution in [0.2, 0.25) is 0 Å². The minimum atomic E-state index is -0.842. The van der Waals surface area contributed by atoms with Crippen LogP contribution in [0.4, 0.5) is 4.39 Å². The number of benzene rings is 1. The number of rotatable bonds is 1. The number of halogens is 1. The van der Waals surface area contributed by atoms with Gasteiger partial charge in [-0.15, -0.1) is 0 Å². The molecule has 0 radical (unpaired) electrons. The zero-order chi connectivity index (χ0) is 10.1. The molecule has 0 aromatic heterocycles. The van der Waals surface area contributed by atoms with Gasteiger partial charge in [-0.25, -0.2) is 4.39 Å². The van der Waals surface area contributed by atoms with E-state index in [1.807, 2.05) is 0 Å². The van der Waals surface area contributed by atoms with Gasteiger partial charge in [-0.05, 0) is 19.1 Å². The van der Waals surface area contributed by atoms with Gasteiger partial charge < -0.3 is 14.6 Å². The maximum Gasteiger partial charge on any atom is 0.197 e. The van der Waals surface area contributed by atoms with Crippen LogP contribution in [-0.2, 0) is 0 Å². The molecule has 1 aromatic carbocycles. The summed E-state index contributed by atoms with van der Waals surface area (Å²) in [5.41, 5.74) is 0.231. The number of aliphatic hydroxyl groups is 1. The first-order chi connectivity index (χ1) is 6.70. The van der Waals surface area contributed by atoms with Crippen LogP contribution in [0.1, 0.15) is 18.6 Å². The van der Waals surface area contributed by atoms with E-state index < -0.39 is 11.9 Å². The fourth-order valence-corrected chi connectivity index (χ4v) is 1.42. The molecular formula is C10H11FO3. The van der Waals surface area contributed by atoms with Gasteiger partial charge in [0.25, 0.3) is 0 Å². The number of hydrogen-bond acceptors (Lipinski definition) is 3. The highest BCUT2D eigenvalue weighted by Gasteiger charge is 2.20. The Morgan fingerprint density at radius 3 is 2.79 bits per heavy atom. The van der Waals surface area contributed by atoms with E-state index in [-0.39, 0.29) is 11.3 Å². The molecular weight excluding hydrogens is 187 g/mol. The summed E-state index contributed by atoms with van der Waals surface area (Å²) >= 11 is 0. The second-order valence-corrected chi connectivity index (χ2v) is 3.17. The lowest BCUT2D eigenvalue weighted by Crippen LogP contribution is -2.17. The van der Waals surface area contributed by atoms with Crippen LogP contribution in [0, 0.1) is 5.82 Å². The molecule has 1 unspecified atom stereocenters. The lowest BCUT2D eigenvalue weighted by atomic mass is 10.1. The first-order valence-corrected chi connectivity index (χ1v) is 4.46. The summed E-state index contributed by atoms with van der Waals surface area (Å²) in [6, 6.07) is 3.12. The third-order valence-electron chi connectivity index (χ3n) is 2.13. The summed E-state index contributed by atoms with van der Waals surface area (Å²) in [7, 11) is 0. The van der Waals surface area contributed by atoms with Crippen molar-refractivity contribution >= 4 is 0 Å². The molecule has 1 atom stereocenters. The summed E-state index contributed by atoms with van der Waals surface area (Å²) in [5, 5.41) is 9.27. The Bertz CT molecular complexity index is 349. The molecule has 0 saturated heterocycles. The van der Waals surface area contributed by atoms with Crippen molar-refractivity contribution in [2.45, 2.75) is 13.0 Å². The number of aliphatic hydroxyl groups excluding tert-OH is 1. The normalized spacial score (nSPS) is 16.5. The van der Waals surface area contributed by atoms with Gasteiger partial charge in [0.1, 0.15) is 13.2 Å². The Morgan fingerprint density at radius 2 is 2.07 bits per heavy atom. The maximum absolute atomic E-state index is 13.6. The molecule has 1 aliphatic rings. The summed E-state index contributed by atoms with van der Waals surface area (Å²) in [5.74, 6) is -0.0231. The van der Waals surface area contributed by atoms with E-state index in [1.54, 1.807) is 6.07 Å². The maximum atomic E-state index is 13.6. The Hall–Kier alpha value is -1.29. The quantitative estimate of drug-likeness (QED) is 0.745. The van der Waals surface area contributed by atoms with Crippen LogP contribution in [0.3, 0.4) is 0 Å². The lowest BCUT2D eigenvalue weighted by Gasteiger charge is -2.20. The fraction of sp³-hybridized carbons (Fsp3) is 0.400. The van der Waals surface area contributed by atoms with Crippen molar-refractivity contribution in [2.24, 2.45) is 0 Å². The summed E-state index contributed by atoms with van der Waals surface area (Å²) in [4.78, 5) is 0. The molecule has 3 nitrogen and oxygen atoms in total. The van der Waals surface area contributed by atoms with Crippen LogP contribution in [0.25, 0.3) is 0 Å². The van der Waals surface area contributed by atoms with Crippen molar-refractivity contribution in [3.05, 3.63) is 23.5 Å².